The average Bonchev–Trinajstić information content (AvgIpc) is 2.33. The molecule has 1 aromatic carbocycles. The fourth-order valence-electron chi connectivity index (χ4n) is 1.40. The summed E-state index contributed by atoms with van der Waals surface area (Å²) in [5.74, 6) is 5.82. The Hall–Kier alpha value is -1.37. The third-order valence-electron chi connectivity index (χ3n) is 2.48. The quantitative estimate of drug-likeness (QED) is 0.643. The van der Waals surface area contributed by atoms with E-state index in [1.807, 2.05) is 0 Å². The first-order valence-corrected chi connectivity index (χ1v) is 6.18. The van der Waals surface area contributed by atoms with Gasteiger partial charge in [-0.15, -0.1) is 0 Å². The minimum Gasteiger partial charge on any atom is -0.377 e. The Kier molecular flexibility index (Phi) is 6.42. The summed E-state index contributed by atoms with van der Waals surface area (Å²) in [6.45, 7) is 5.51. The Balaban J connectivity index is 2.52. The topological polar surface area (TPSA) is 35.2 Å². The van der Waals surface area contributed by atoms with E-state index in [9.17, 15) is 4.39 Å². The minimum atomic E-state index is -0.275. The second-order valence-electron chi connectivity index (χ2n) is 4.55. The molecule has 0 unspecified atom stereocenters. The molecule has 0 heterocycles. The van der Waals surface area contributed by atoms with Crippen LogP contribution in [0, 0.1) is 23.6 Å². The number of hydrogen-bond donors (Lipinski definition) is 1. The van der Waals surface area contributed by atoms with Crippen molar-refractivity contribution in [1.82, 2.24) is 0 Å². The van der Waals surface area contributed by atoms with Crippen molar-refractivity contribution in [1.29, 1.82) is 0 Å². The van der Waals surface area contributed by atoms with E-state index < -0.39 is 0 Å². The molecular weight excluding hydrogens is 229 g/mol. The van der Waals surface area contributed by atoms with Crippen LogP contribution >= 0.6 is 0 Å². The van der Waals surface area contributed by atoms with E-state index in [4.69, 9.17) is 10.5 Å². The molecule has 0 aromatic heterocycles. The molecule has 0 amide bonds. The van der Waals surface area contributed by atoms with Gasteiger partial charge in [-0.1, -0.05) is 31.8 Å². The molecule has 3 heteroatoms. The summed E-state index contributed by atoms with van der Waals surface area (Å²) < 4.78 is 19.1. The van der Waals surface area contributed by atoms with E-state index >= 15 is 0 Å². The van der Waals surface area contributed by atoms with Gasteiger partial charge in [0, 0.05) is 17.7 Å². The first-order chi connectivity index (χ1) is 8.63. The van der Waals surface area contributed by atoms with Gasteiger partial charge in [-0.25, -0.2) is 4.39 Å². The van der Waals surface area contributed by atoms with Crippen LogP contribution in [0.5, 0.6) is 0 Å². The normalized spacial score (nSPS) is 10.3. The average molecular weight is 249 g/mol. The van der Waals surface area contributed by atoms with Gasteiger partial charge in [-0.2, -0.15) is 0 Å². The van der Waals surface area contributed by atoms with Crippen molar-refractivity contribution in [3.8, 4) is 11.8 Å². The van der Waals surface area contributed by atoms with Gasteiger partial charge in [0.05, 0.1) is 13.2 Å². The number of nitrogens with two attached hydrogens (primary N) is 1. The maximum absolute atomic E-state index is 13.7. The largest absolute Gasteiger partial charge is 0.377 e. The summed E-state index contributed by atoms with van der Waals surface area (Å²) >= 11 is 0. The molecule has 0 spiro atoms. The van der Waals surface area contributed by atoms with E-state index in [0.29, 0.717) is 30.3 Å². The molecule has 2 N–H and O–H groups in total. The second-order valence-corrected chi connectivity index (χ2v) is 4.55. The lowest BCUT2D eigenvalue weighted by atomic mass is 10.1. The fourth-order valence-corrected chi connectivity index (χ4v) is 1.40. The van der Waals surface area contributed by atoms with Crippen LogP contribution in [-0.2, 0) is 11.3 Å². The number of rotatable bonds is 5. The highest BCUT2D eigenvalue weighted by molar-refractivity contribution is 5.37. The Morgan fingerprint density at radius 3 is 2.78 bits per heavy atom. The van der Waals surface area contributed by atoms with Gasteiger partial charge in [0.1, 0.15) is 5.82 Å². The summed E-state index contributed by atoms with van der Waals surface area (Å²) in [5, 5.41) is 0. The zero-order valence-electron chi connectivity index (χ0n) is 11.0. The summed E-state index contributed by atoms with van der Waals surface area (Å²) in [4.78, 5) is 0. The molecule has 0 aliphatic rings. The maximum Gasteiger partial charge on any atom is 0.129 e. The van der Waals surface area contributed by atoms with Crippen LogP contribution in [-0.4, -0.2) is 13.2 Å². The lowest BCUT2D eigenvalue weighted by Gasteiger charge is -2.07. The SMILES string of the molecule is CC(C)CCOCc1ccc(C#CCN)cc1F. The van der Waals surface area contributed by atoms with E-state index in [0.717, 1.165) is 6.42 Å². The van der Waals surface area contributed by atoms with Crippen molar-refractivity contribution >= 4 is 0 Å². The van der Waals surface area contributed by atoms with Crippen molar-refractivity contribution in [2.24, 2.45) is 11.7 Å². The van der Waals surface area contributed by atoms with E-state index in [-0.39, 0.29) is 12.4 Å². The number of ether oxygens (including phenoxy) is 1. The lowest BCUT2D eigenvalue weighted by Crippen LogP contribution is -2.01. The zero-order valence-corrected chi connectivity index (χ0v) is 11.0. The van der Waals surface area contributed by atoms with Crippen LogP contribution in [0.2, 0.25) is 0 Å². The summed E-state index contributed by atoms with van der Waals surface area (Å²) in [7, 11) is 0. The monoisotopic (exact) mass is 249 g/mol. The molecule has 0 aliphatic heterocycles. The molecule has 0 bridgehead atoms. The van der Waals surface area contributed by atoms with Gasteiger partial charge >= 0.3 is 0 Å². The molecule has 1 rings (SSSR count). The molecule has 18 heavy (non-hydrogen) atoms. The summed E-state index contributed by atoms with van der Waals surface area (Å²) in [5.41, 5.74) is 6.47. The van der Waals surface area contributed by atoms with Crippen LogP contribution in [0.3, 0.4) is 0 Å². The fraction of sp³-hybridized carbons (Fsp3) is 0.467. The summed E-state index contributed by atoms with van der Waals surface area (Å²) in [6, 6.07) is 4.92. The molecule has 98 valence electrons. The smallest absolute Gasteiger partial charge is 0.129 e. The molecule has 0 saturated carbocycles. The van der Waals surface area contributed by atoms with Crippen LogP contribution < -0.4 is 5.73 Å². The van der Waals surface area contributed by atoms with Crippen LogP contribution in [0.1, 0.15) is 31.4 Å². The van der Waals surface area contributed by atoms with E-state index in [1.165, 1.54) is 6.07 Å². The maximum atomic E-state index is 13.7. The van der Waals surface area contributed by atoms with Crippen molar-refractivity contribution in [3.63, 3.8) is 0 Å². The number of hydrogen-bond acceptors (Lipinski definition) is 2. The van der Waals surface area contributed by atoms with Crippen molar-refractivity contribution in [3.05, 3.63) is 35.1 Å². The Morgan fingerprint density at radius 1 is 1.39 bits per heavy atom. The first kappa shape index (κ1) is 14.7. The van der Waals surface area contributed by atoms with Gasteiger partial charge in [0.2, 0.25) is 0 Å². The first-order valence-electron chi connectivity index (χ1n) is 6.18. The molecule has 1 aromatic rings. The predicted molar refractivity (Wildman–Crippen MR) is 71.4 cm³/mol. The van der Waals surface area contributed by atoms with Crippen molar-refractivity contribution in [2.45, 2.75) is 26.9 Å². The van der Waals surface area contributed by atoms with Crippen LogP contribution in [0.25, 0.3) is 0 Å². The predicted octanol–water partition coefficient (Wildman–Crippen LogP) is 2.70. The lowest BCUT2D eigenvalue weighted by molar-refractivity contribution is 0.108. The highest BCUT2D eigenvalue weighted by Crippen LogP contribution is 2.11. The Morgan fingerprint density at radius 2 is 2.17 bits per heavy atom. The van der Waals surface area contributed by atoms with E-state index in [2.05, 4.69) is 25.7 Å². The number of benzene rings is 1. The highest BCUT2D eigenvalue weighted by atomic mass is 19.1. The molecule has 2 nitrogen and oxygen atoms in total. The molecule has 0 saturated heterocycles. The van der Waals surface area contributed by atoms with Gasteiger partial charge < -0.3 is 10.5 Å². The van der Waals surface area contributed by atoms with Gasteiger partial charge in [0.15, 0.2) is 0 Å². The van der Waals surface area contributed by atoms with Gasteiger partial charge in [-0.05, 0) is 24.5 Å². The van der Waals surface area contributed by atoms with Crippen molar-refractivity contribution < 1.29 is 9.13 Å². The zero-order chi connectivity index (χ0) is 13.4. The Labute approximate surface area is 108 Å². The molecule has 0 atom stereocenters. The Bertz CT molecular complexity index is 432. The van der Waals surface area contributed by atoms with Gasteiger partial charge in [-0.3, -0.25) is 0 Å². The highest BCUT2D eigenvalue weighted by Gasteiger charge is 2.03. The molecule has 0 radical (unpaired) electrons. The third-order valence-corrected chi connectivity index (χ3v) is 2.48. The van der Waals surface area contributed by atoms with Crippen LogP contribution in [0.15, 0.2) is 18.2 Å². The summed E-state index contributed by atoms with van der Waals surface area (Å²) in [6.07, 6.45) is 0.988. The number of halogens is 1. The third kappa shape index (κ3) is 5.31. The molecule has 0 fully saturated rings. The second kappa shape index (κ2) is 7.86. The minimum absolute atomic E-state index is 0.275. The van der Waals surface area contributed by atoms with Crippen LogP contribution in [0.4, 0.5) is 4.39 Å². The molecule has 0 aliphatic carbocycles. The molecular formula is C15H20FNO. The van der Waals surface area contributed by atoms with Gasteiger partial charge in [0.25, 0.3) is 0 Å². The standard InChI is InChI=1S/C15H20FNO/c1-12(2)7-9-18-11-14-6-5-13(4-3-8-17)10-15(14)16/h5-6,10,12H,7-9,11,17H2,1-2H3. The van der Waals surface area contributed by atoms with E-state index in [1.54, 1.807) is 12.1 Å². The van der Waals surface area contributed by atoms with Crippen molar-refractivity contribution in [2.75, 3.05) is 13.2 Å².